The number of carbonyl (C=O) groups is 4. The first-order chi connectivity index (χ1) is 24.7. The third-order valence-electron chi connectivity index (χ3n) is 9.00. The van der Waals surface area contributed by atoms with Gasteiger partial charge in [0.2, 0.25) is 11.8 Å². The maximum atomic E-state index is 14.3. The van der Waals surface area contributed by atoms with E-state index >= 15 is 0 Å². The van der Waals surface area contributed by atoms with Crippen molar-refractivity contribution in [1.29, 1.82) is 0 Å². The number of imidazole rings is 1. The fourth-order valence-electron chi connectivity index (χ4n) is 6.07. The second-order valence-electron chi connectivity index (χ2n) is 15.0. The number of fused-ring (bicyclic) bond motifs is 1. The number of likely N-dealkylation sites (tertiary alicyclic amines) is 1. The van der Waals surface area contributed by atoms with Crippen LogP contribution < -0.4 is 16.0 Å². The van der Waals surface area contributed by atoms with Gasteiger partial charge in [0.25, 0.3) is 5.91 Å². The Kier molecular flexibility index (Phi) is 12.0. The molecule has 1 unspecified atom stereocenters. The fraction of sp³-hybridized carbons (Fsp3) is 0.425. The largest absolute Gasteiger partial charge is 0.444 e. The Bertz CT molecular complexity index is 1850. The van der Waals surface area contributed by atoms with Gasteiger partial charge in [-0.1, -0.05) is 79.7 Å². The van der Waals surface area contributed by atoms with Crippen LogP contribution in [0.15, 0.2) is 85.3 Å². The van der Waals surface area contributed by atoms with E-state index in [-0.39, 0.29) is 24.9 Å². The Morgan fingerprint density at radius 1 is 0.904 bits per heavy atom. The number of benzene rings is 3. The number of anilines is 1. The molecule has 1 fully saturated rings. The zero-order chi connectivity index (χ0) is 37.5. The van der Waals surface area contributed by atoms with Crippen molar-refractivity contribution in [2.75, 3.05) is 25.0 Å². The van der Waals surface area contributed by atoms with Crippen LogP contribution in [0.4, 0.5) is 10.6 Å². The molecule has 4 amide bonds. The summed E-state index contributed by atoms with van der Waals surface area (Å²) in [4.78, 5) is 60.5. The van der Waals surface area contributed by atoms with Crippen molar-refractivity contribution < 1.29 is 28.7 Å². The van der Waals surface area contributed by atoms with Crippen LogP contribution in [0, 0.1) is 5.92 Å². The molecule has 2 heterocycles. The van der Waals surface area contributed by atoms with E-state index in [1.165, 1.54) is 13.8 Å². The minimum Gasteiger partial charge on any atom is -0.444 e. The van der Waals surface area contributed by atoms with Crippen molar-refractivity contribution in [1.82, 2.24) is 25.1 Å². The Morgan fingerprint density at radius 3 is 2.29 bits per heavy atom. The zero-order valence-electron chi connectivity index (χ0n) is 30.8. The molecule has 1 aromatic heterocycles. The molecule has 52 heavy (non-hydrogen) atoms. The number of carbonyl (C=O) groups excluding carboxylic acids is 4. The van der Waals surface area contributed by atoms with Crippen molar-refractivity contribution in [3.63, 3.8) is 0 Å². The van der Waals surface area contributed by atoms with Gasteiger partial charge in [-0.3, -0.25) is 14.4 Å². The normalized spacial score (nSPS) is 15.1. The lowest BCUT2D eigenvalue weighted by Crippen LogP contribution is -2.59. The number of nitrogens with zero attached hydrogens (tertiary/aromatic N) is 3. The summed E-state index contributed by atoms with van der Waals surface area (Å²) in [5.41, 5.74) is -0.473. The molecule has 4 aromatic rings. The molecule has 12 nitrogen and oxygen atoms in total. The van der Waals surface area contributed by atoms with Crippen LogP contribution in [0.5, 0.6) is 0 Å². The minimum absolute atomic E-state index is 0.0438. The minimum atomic E-state index is -1.43. The summed E-state index contributed by atoms with van der Waals surface area (Å²) in [5, 5.41) is 10.1. The van der Waals surface area contributed by atoms with Gasteiger partial charge in [0, 0.05) is 19.3 Å². The number of amides is 4. The smallest absolute Gasteiger partial charge is 0.408 e. The molecule has 0 saturated carbocycles. The van der Waals surface area contributed by atoms with Crippen molar-refractivity contribution in [3.8, 4) is 0 Å². The van der Waals surface area contributed by atoms with Crippen molar-refractivity contribution in [2.45, 2.75) is 84.2 Å². The SMILES string of the molecule is CC1CCN(C(=O)C(c2cccc3ccccc23)n2cnc(NC(=O)[C@@H](COCc3ccccc3)NC(=O)C(C)(C)NC(=O)OC(C)(C)C)c2)CC1. The van der Waals surface area contributed by atoms with Gasteiger partial charge in [0.05, 0.1) is 19.5 Å². The lowest BCUT2D eigenvalue weighted by molar-refractivity contribution is -0.134. The molecule has 12 heteroatoms. The second kappa shape index (κ2) is 16.4. The lowest BCUT2D eigenvalue weighted by Gasteiger charge is -2.33. The van der Waals surface area contributed by atoms with Crippen LogP contribution >= 0.6 is 0 Å². The van der Waals surface area contributed by atoms with Gasteiger partial charge in [-0.05, 0) is 75.3 Å². The number of rotatable bonds is 12. The lowest BCUT2D eigenvalue weighted by atomic mass is 9.95. The van der Waals surface area contributed by atoms with Gasteiger partial charge >= 0.3 is 6.09 Å². The topological polar surface area (TPSA) is 144 Å². The van der Waals surface area contributed by atoms with E-state index in [1.807, 2.05) is 77.7 Å². The monoisotopic (exact) mass is 710 g/mol. The molecule has 3 N–H and O–H groups in total. The average Bonchev–Trinajstić information content (AvgIpc) is 3.55. The summed E-state index contributed by atoms with van der Waals surface area (Å²) >= 11 is 0. The molecular formula is C40H50N6O6. The van der Waals surface area contributed by atoms with E-state index in [0.29, 0.717) is 19.0 Å². The molecule has 0 radical (unpaired) electrons. The zero-order valence-corrected chi connectivity index (χ0v) is 30.8. The highest BCUT2D eigenvalue weighted by Crippen LogP contribution is 2.31. The molecule has 0 aliphatic carbocycles. The van der Waals surface area contributed by atoms with Gasteiger partial charge in [0.1, 0.15) is 23.2 Å². The van der Waals surface area contributed by atoms with Crippen molar-refractivity contribution in [2.24, 2.45) is 5.92 Å². The molecule has 1 aliphatic rings. The fourth-order valence-corrected chi connectivity index (χ4v) is 6.07. The number of hydrogen-bond acceptors (Lipinski definition) is 7. The third kappa shape index (κ3) is 9.97. The van der Waals surface area contributed by atoms with E-state index < -0.39 is 41.1 Å². The highest BCUT2D eigenvalue weighted by atomic mass is 16.6. The van der Waals surface area contributed by atoms with Gasteiger partial charge in [0.15, 0.2) is 5.82 Å². The van der Waals surface area contributed by atoms with Crippen LogP contribution in [0.2, 0.25) is 0 Å². The van der Waals surface area contributed by atoms with Crippen LogP contribution in [0.25, 0.3) is 10.8 Å². The molecule has 0 bridgehead atoms. The highest BCUT2D eigenvalue weighted by Gasteiger charge is 2.35. The molecular weight excluding hydrogens is 660 g/mol. The molecule has 5 rings (SSSR count). The summed E-state index contributed by atoms with van der Waals surface area (Å²) in [7, 11) is 0. The average molecular weight is 711 g/mol. The number of aromatic nitrogens is 2. The Balaban J connectivity index is 1.37. The number of alkyl carbamates (subject to hydrolysis) is 1. The summed E-state index contributed by atoms with van der Waals surface area (Å²) in [5.74, 6) is -0.497. The second-order valence-corrected chi connectivity index (χ2v) is 15.0. The number of nitrogens with one attached hydrogen (secondary N) is 3. The van der Waals surface area contributed by atoms with E-state index in [9.17, 15) is 19.2 Å². The first kappa shape index (κ1) is 38.0. The summed E-state index contributed by atoms with van der Waals surface area (Å²) < 4.78 is 12.9. The Labute approximate surface area is 305 Å². The molecule has 276 valence electrons. The van der Waals surface area contributed by atoms with Gasteiger partial charge in [-0.15, -0.1) is 0 Å². The summed E-state index contributed by atoms with van der Waals surface area (Å²) in [6.07, 6.45) is 4.27. The van der Waals surface area contributed by atoms with E-state index in [4.69, 9.17) is 9.47 Å². The molecule has 1 saturated heterocycles. The number of hydrogen-bond donors (Lipinski definition) is 3. The van der Waals surface area contributed by atoms with E-state index in [1.54, 1.807) is 37.9 Å². The van der Waals surface area contributed by atoms with Crippen LogP contribution in [0.3, 0.4) is 0 Å². The maximum Gasteiger partial charge on any atom is 0.408 e. The number of piperidine rings is 1. The van der Waals surface area contributed by atoms with E-state index in [2.05, 4.69) is 27.9 Å². The molecule has 1 aliphatic heterocycles. The predicted octanol–water partition coefficient (Wildman–Crippen LogP) is 5.83. The van der Waals surface area contributed by atoms with Gasteiger partial charge in [-0.2, -0.15) is 0 Å². The molecule has 2 atom stereocenters. The third-order valence-corrected chi connectivity index (χ3v) is 9.00. The van der Waals surface area contributed by atoms with Gasteiger partial charge < -0.3 is 34.9 Å². The van der Waals surface area contributed by atoms with Crippen molar-refractivity contribution >= 4 is 40.4 Å². The number of ether oxygens (including phenoxy) is 2. The van der Waals surface area contributed by atoms with Crippen molar-refractivity contribution in [3.05, 3.63) is 96.4 Å². The summed E-state index contributed by atoms with van der Waals surface area (Å²) in [6, 6.07) is 21.4. The molecule has 3 aromatic carbocycles. The first-order valence-electron chi connectivity index (χ1n) is 17.7. The Morgan fingerprint density at radius 2 is 1.58 bits per heavy atom. The van der Waals surface area contributed by atoms with Crippen LogP contribution in [-0.2, 0) is 30.5 Å². The van der Waals surface area contributed by atoms with Crippen LogP contribution in [0.1, 0.15) is 71.6 Å². The quantitative estimate of drug-likeness (QED) is 0.168. The van der Waals surface area contributed by atoms with Gasteiger partial charge in [-0.25, -0.2) is 9.78 Å². The highest BCUT2D eigenvalue weighted by molar-refractivity contribution is 5.99. The van der Waals surface area contributed by atoms with E-state index in [0.717, 1.165) is 34.7 Å². The maximum absolute atomic E-state index is 14.3. The Hall–Kier alpha value is -5.23. The molecule has 0 spiro atoms. The standard InChI is InChI=1S/C40H50N6O6/c1-27-19-21-45(22-20-27)36(48)34(31-18-12-16-29-15-10-11-17-30(29)31)46-23-33(41-26-46)43-35(47)32(25-51-24-28-13-8-7-9-14-28)42-37(49)40(5,6)44-38(50)52-39(2,3)4/h7-18,23,26-27,32,34H,19-22,24-25H2,1-6H3,(H,42,49)(H,43,47)(H,44,50)/t32-,34?/m1/s1. The summed E-state index contributed by atoms with van der Waals surface area (Å²) in [6.45, 7) is 11.8. The predicted molar refractivity (Wildman–Crippen MR) is 199 cm³/mol. The van der Waals surface area contributed by atoms with Crippen LogP contribution in [-0.4, -0.2) is 75.1 Å². The first-order valence-corrected chi connectivity index (χ1v) is 17.7.